The number of carboxylic acid groups (broad SMARTS) is 1. The Labute approximate surface area is 124 Å². The van der Waals surface area contributed by atoms with Crippen LogP contribution >= 0.6 is 0 Å². The van der Waals surface area contributed by atoms with Gasteiger partial charge < -0.3 is 9.52 Å². The SMILES string of the molecule is O=C(O)[C@@H](Cc1ccc(F)cc1F)NS(=O)(=O)c1ccoc1. The van der Waals surface area contributed by atoms with Crippen LogP contribution in [0.25, 0.3) is 0 Å². The Morgan fingerprint density at radius 3 is 2.59 bits per heavy atom. The standard InChI is InChI=1S/C13H11F2NO5S/c14-9-2-1-8(11(15)6-9)5-12(13(17)18)16-22(19,20)10-3-4-21-7-10/h1-4,6-7,12,16H,5H2,(H,17,18)/t12-/m1/s1. The first-order valence-electron chi connectivity index (χ1n) is 6.01. The second-order valence-electron chi connectivity index (χ2n) is 4.41. The van der Waals surface area contributed by atoms with E-state index in [1.54, 1.807) is 0 Å². The highest BCUT2D eigenvalue weighted by Crippen LogP contribution is 2.14. The summed E-state index contributed by atoms with van der Waals surface area (Å²) in [4.78, 5) is 10.9. The Balaban J connectivity index is 2.23. The summed E-state index contributed by atoms with van der Waals surface area (Å²) in [5.74, 6) is -3.25. The van der Waals surface area contributed by atoms with Crippen LogP contribution in [-0.2, 0) is 21.2 Å². The number of furan rings is 1. The molecule has 1 aromatic carbocycles. The first kappa shape index (κ1) is 16.1. The lowest BCUT2D eigenvalue weighted by Crippen LogP contribution is -2.42. The number of carbonyl (C=O) groups is 1. The Morgan fingerprint density at radius 2 is 2.05 bits per heavy atom. The van der Waals surface area contributed by atoms with E-state index in [-0.39, 0.29) is 10.5 Å². The van der Waals surface area contributed by atoms with E-state index >= 15 is 0 Å². The van der Waals surface area contributed by atoms with Crippen LogP contribution in [0.4, 0.5) is 8.78 Å². The molecule has 118 valence electrons. The number of halogens is 2. The molecule has 0 bridgehead atoms. The molecular formula is C13H11F2NO5S. The molecule has 2 aromatic rings. The lowest BCUT2D eigenvalue weighted by Gasteiger charge is -2.14. The molecule has 0 saturated carbocycles. The molecule has 0 aliphatic rings. The van der Waals surface area contributed by atoms with Crippen LogP contribution in [0.15, 0.2) is 46.1 Å². The minimum absolute atomic E-state index is 0.122. The van der Waals surface area contributed by atoms with Crippen molar-refractivity contribution in [3.8, 4) is 0 Å². The monoisotopic (exact) mass is 331 g/mol. The van der Waals surface area contributed by atoms with Gasteiger partial charge in [0.05, 0.1) is 6.26 Å². The summed E-state index contributed by atoms with van der Waals surface area (Å²) in [6.45, 7) is 0. The van der Waals surface area contributed by atoms with Crippen LogP contribution in [0, 0.1) is 11.6 Å². The molecule has 0 spiro atoms. The number of nitrogens with one attached hydrogen (secondary N) is 1. The number of hydrogen-bond acceptors (Lipinski definition) is 4. The first-order valence-corrected chi connectivity index (χ1v) is 7.49. The second kappa shape index (κ2) is 6.24. The van der Waals surface area contributed by atoms with Gasteiger partial charge in [-0.25, -0.2) is 17.2 Å². The summed E-state index contributed by atoms with van der Waals surface area (Å²) < 4.78 is 56.8. The van der Waals surface area contributed by atoms with Crippen LogP contribution in [0.5, 0.6) is 0 Å². The Morgan fingerprint density at radius 1 is 1.32 bits per heavy atom. The highest BCUT2D eigenvalue weighted by molar-refractivity contribution is 7.89. The van der Waals surface area contributed by atoms with Crippen LogP contribution in [0.3, 0.4) is 0 Å². The zero-order valence-corrected chi connectivity index (χ0v) is 11.8. The first-order chi connectivity index (χ1) is 10.3. The molecule has 2 rings (SSSR count). The quantitative estimate of drug-likeness (QED) is 0.837. The third kappa shape index (κ3) is 3.68. The Kier molecular flexibility index (Phi) is 4.57. The number of sulfonamides is 1. The van der Waals surface area contributed by atoms with Gasteiger partial charge in [-0.3, -0.25) is 4.79 Å². The largest absolute Gasteiger partial charge is 0.480 e. The fourth-order valence-electron chi connectivity index (χ4n) is 1.75. The van der Waals surface area contributed by atoms with Gasteiger partial charge >= 0.3 is 5.97 Å². The molecule has 6 nitrogen and oxygen atoms in total. The van der Waals surface area contributed by atoms with E-state index in [1.165, 1.54) is 0 Å². The summed E-state index contributed by atoms with van der Waals surface area (Å²) >= 11 is 0. The van der Waals surface area contributed by atoms with E-state index < -0.39 is 40.1 Å². The number of benzene rings is 1. The zero-order chi connectivity index (χ0) is 16.3. The Hall–Kier alpha value is -2.26. The fourth-order valence-corrected chi connectivity index (χ4v) is 2.86. The summed E-state index contributed by atoms with van der Waals surface area (Å²) in [6, 6.07) is 2.15. The van der Waals surface area contributed by atoms with Crippen molar-refractivity contribution in [2.45, 2.75) is 17.4 Å². The summed E-state index contributed by atoms with van der Waals surface area (Å²) in [6.07, 6.45) is 1.57. The predicted octanol–water partition coefficient (Wildman–Crippen LogP) is 1.53. The van der Waals surface area contributed by atoms with Crippen molar-refractivity contribution < 1.29 is 31.5 Å². The molecule has 1 atom stereocenters. The van der Waals surface area contributed by atoms with Crippen LogP contribution in [0.1, 0.15) is 5.56 Å². The third-order valence-electron chi connectivity index (χ3n) is 2.84. The average Bonchev–Trinajstić information content (AvgIpc) is 2.95. The van der Waals surface area contributed by atoms with Crippen molar-refractivity contribution in [3.63, 3.8) is 0 Å². The molecule has 1 aromatic heterocycles. The molecule has 0 aliphatic carbocycles. The number of hydrogen-bond donors (Lipinski definition) is 2. The molecule has 1 heterocycles. The van der Waals surface area contributed by atoms with Gasteiger partial charge in [0.25, 0.3) is 0 Å². The molecule has 2 N–H and O–H groups in total. The second-order valence-corrected chi connectivity index (χ2v) is 6.12. The summed E-state index contributed by atoms with van der Waals surface area (Å²) in [5, 5.41) is 9.09. The molecule has 0 unspecified atom stereocenters. The van der Waals surface area contributed by atoms with E-state index in [0.717, 1.165) is 30.7 Å². The maximum absolute atomic E-state index is 13.6. The minimum Gasteiger partial charge on any atom is -0.480 e. The van der Waals surface area contributed by atoms with Gasteiger partial charge in [-0.15, -0.1) is 0 Å². The van der Waals surface area contributed by atoms with Crippen LogP contribution in [-0.4, -0.2) is 25.5 Å². The predicted molar refractivity (Wildman–Crippen MR) is 70.5 cm³/mol. The molecule has 0 fully saturated rings. The molecule has 0 amide bonds. The maximum atomic E-state index is 13.6. The Bertz CT molecular complexity index is 774. The highest BCUT2D eigenvalue weighted by Gasteiger charge is 2.27. The van der Waals surface area contributed by atoms with Crippen LogP contribution < -0.4 is 4.72 Å². The fraction of sp³-hybridized carbons (Fsp3) is 0.154. The van der Waals surface area contributed by atoms with E-state index in [9.17, 15) is 22.0 Å². The topological polar surface area (TPSA) is 96.6 Å². The minimum atomic E-state index is -4.12. The van der Waals surface area contributed by atoms with Crippen LogP contribution in [0.2, 0.25) is 0 Å². The molecule has 9 heteroatoms. The van der Waals surface area contributed by atoms with E-state index in [1.807, 2.05) is 4.72 Å². The van der Waals surface area contributed by atoms with Crippen molar-refractivity contribution in [2.24, 2.45) is 0 Å². The zero-order valence-electron chi connectivity index (χ0n) is 11.0. The highest BCUT2D eigenvalue weighted by atomic mass is 32.2. The number of rotatable bonds is 6. The molecule has 0 saturated heterocycles. The van der Waals surface area contributed by atoms with Gasteiger partial charge in [0.15, 0.2) is 0 Å². The maximum Gasteiger partial charge on any atom is 0.322 e. The van der Waals surface area contributed by atoms with Crippen molar-refractivity contribution in [3.05, 3.63) is 54.0 Å². The lowest BCUT2D eigenvalue weighted by molar-refractivity contribution is -0.138. The van der Waals surface area contributed by atoms with Crippen molar-refractivity contribution in [1.82, 2.24) is 4.72 Å². The van der Waals surface area contributed by atoms with Gasteiger partial charge in [-0.1, -0.05) is 6.07 Å². The van der Waals surface area contributed by atoms with Crippen molar-refractivity contribution >= 4 is 16.0 Å². The van der Waals surface area contributed by atoms with Gasteiger partial charge in [0, 0.05) is 12.5 Å². The van der Waals surface area contributed by atoms with Gasteiger partial charge in [0.1, 0.15) is 28.8 Å². The van der Waals surface area contributed by atoms with Crippen molar-refractivity contribution in [1.29, 1.82) is 0 Å². The van der Waals surface area contributed by atoms with Gasteiger partial charge in [-0.05, 0) is 17.7 Å². The summed E-state index contributed by atoms with van der Waals surface area (Å²) in [5.41, 5.74) is -0.122. The summed E-state index contributed by atoms with van der Waals surface area (Å²) in [7, 11) is -4.12. The van der Waals surface area contributed by atoms with Gasteiger partial charge in [0.2, 0.25) is 10.0 Å². The number of aliphatic carboxylic acids is 1. The van der Waals surface area contributed by atoms with E-state index in [2.05, 4.69) is 4.42 Å². The van der Waals surface area contributed by atoms with E-state index in [4.69, 9.17) is 5.11 Å². The van der Waals surface area contributed by atoms with Crippen molar-refractivity contribution in [2.75, 3.05) is 0 Å². The smallest absolute Gasteiger partial charge is 0.322 e. The average molecular weight is 331 g/mol. The van der Waals surface area contributed by atoms with E-state index in [0.29, 0.717) is 6.07 Å². The molecule has 22 heavy (non-hydrogen) atoms. The number of carboxylic acids is 1. The lowest BCUT2D eigenvalue weighted by atomic mass is 10.1. The molecule has 0 aliphatic heterocycles. The third-order valence-corrected chi connectivity index (χ3v) is 4.29. The molecule has 0 radical (unpaired) electrons. The van der Waals surface area contributed by atoms with Gasteiger partial charge in [-0.2, -0.15) is 4.72 Å². The normalized spacial score (nSPS) is 13.0. The molecular weight excluding hydrogens is 320 g/mol.